The van der Waals surface area contributed by atoms with Gasteiger partial charge in [0.1, 0.15) is 11.6 Å². The van der Waals surface area contributed by atoms with E-state index in [1.54, 1.807) is 27.7 Å². The molecular weight excluding hydrogens is 234 g/mol. The number of esters is 1. The van der Waals surface area contributed by atoms with Crippen molar-refractivity contribution in [2.75, 3.05) is 7.11 Å². The summed E-state index contributed by atoms with van der Waals surface area (Å²) in [5.41, 5.74) is -1.13. The van der Waals surface area contributed by atoms with E-state index in [0.717, 1.165) is 0 Å². The molecule has 1 atom stereocenters. The number of rotatable bonds is 2. The Hall–Kier alpha value is -1.26. The van der Waals surface area contributed by atoms with Crippen LogP contribution in [0.2, 0.25) is 0 Å². The fourth-order valence-corrected chi connectivity index (χ4v) is 1.60. The fraction of sp³-hybridized carbons (Fsp3) is 0.846. The lowest BCUT2D eigenvalue weighted by atomic mass is 10.0. The van der Waals surface area contributed by atoms with E-state index >= 15 is 0 Å². The minimum absolute atomic E-state index is 0.462. The highest BCUT2D eigenvalue weighted by Crippen LogP contribution is 2.21. The number of hydrogen-bond acceptors (Lipinski definition) is 4. The van der Waals surface area contributed by atoms with E-state index in [0.29, 0.717) is 0 Å². The van der Waals surface area contributed by atoms with E-state index in [1.165, 1.54) is 12.0 Å². The summed E-state index contributed by atoms with van der Waals surface area (Å²) < 4.78 is 10.0. The summed E-state index contributed by atoms with van der Waals surface area (Å²) in [5.74, 6) is -0.462. The monoisotopic (exact) mass is 259 g/mol. The highest BCUT2D eigenvalue weighted by molar-refractivity contribution is 5.81. The first-order valence-corrected chi connectivity index (χ1v) is 6.00. The van der Waals surface area contributed by atoms with Crippen molar-refractivity contribution in [1.82, 2.24) is 4.90 Å². The highest BCUT2D eigenvalue weighted by atomic mass is 16.6. The summed E-state index contributed by atoms with van der Waals surface area (Å²) in [4.78, 5) is 25.2. The van der Waals surface area contributed by atoms with Crippen molar-refractivity contribution in [2.24, 2.45) is 0 Å². The van der Waals surface area contributed by atoms with E-state index in [2.05, 4.69) is 4.74 Å². The predicted octanol–water partition coefficient (Wildman–Crippen LogP) is 2.58. The molecule has 106 valence electrons. The first-order chi connectivity index (χ1) is 7.90. The SMILES string of the molecule is COC(=O)[C@@H](C)N(C(=O)OC(C)(C)C)C(C)(C)C. The summed E-state index contributed by atoms with van der Waals surface area (Å²) in [6, 6.07) is -0.690. The van der Waals surface area contributed by atoms with Gasteiger partial charge in [-0.25, -0.2) is 9.59 Å². The molecule has 0 fully saturated rings. The summed E-state index contributed by atoms with van der Waals surface area (Å²) >= 11 is 0. The van der Waals surface area contributed by atoms with Crippen LogP contribution in [-0.4, -0.2) is 41.3 Å². The molecule has 0 aliphatic rings. The zero-order valence-corrected chi connectivity index (χ0v) is 12.7. The number of methoxy groups -OCH3 is 1. The van der Waals surface area contributed by atoms with E-state index < -0.39 is 29.2 Å². The third kappa shape index (κ3) is 4.94. The number of nitrogens with zero attached hydrogens (tertiary/aromatic N) is 1. The summed E-state index contributed by atoms with van der Waals surface area (Å²) in [6.45, 7) is 12.5. The number of carbonyl (C=O) groups excluding carboxylic acids is 2. The zero-order chi connectivity index (χ0) is 14.7. The largest absolute Gasteiger partial charge is 0.467 e. The van der Waals surface area contributed by atoms with E-state index in [-0.39, 0.29) is 0 Å². The second-order valence-corrected chi connectivity index (χ2v) is 6.22. The standard InChI is InChI=1S/C13H25NO4/c1-9(10(15)17-8)14(12(2,3)4)11(16)18-13(5,6)7/h9H,1-8H3/t9-/m1/s1. The maximum Gasteiger partial charge on any atom is 0.411 e. The number of amides is 1. The Labute approximate surface area is 109 Å². The van der Waals surface area contributed by atoms with Gasteiger partial charge in [-0.1, -0.05) is 0 Å². The number of carbonyl (C=O) groups is 2. The molecule has 1 amide bonds. The van der Waals surface area contributed by atoms with Crippen molar-refractivity contribution >= 4 is 12.1 Å². The first kappa shape index (κ1) is 16.7. The van der Waals surface area contributed by atoms with E-state index in [9.17, 15) is 9.59 Å². The second kappa shape index (κ2) is 5.59. The normalized spacial score (nSPS) is 13.8. The van der Waals surface area contributed by atoms with E-state index in [1.807, 2.05) is 20.8 Å². The fourth-order valence-electron chi connectivity index (χ4n) is 1.60. The minimum atomic E-state index is -0.690. The molecule has 0 aromatic rings. The van der Waals surface area contributed by atoms with Crippen molar-refractivity contribution in [3.8, 4) is 0 Å². The quantitative estimate of drug-likeness (QED) is 0.715. The van der Waals surface area contributed by atoms with Crippen LogP contribution in [0.5, 0.6) is 0 Å². The smallest absolute Gasteiger partial charge is 0.411 e. The van der Waals surface area contributed by atoms with Gasteiger partial charge in [0.05, 0.1) is 7.11 Å². The lowest BCUT2D eigenvalue weighted by Gasteiger charge is -2.39. The van der Waals surface area contributed by atoms with Gasteiger partial charge in [0.15, 0.2) is 0 Å². The van der Waals surface area contributed by atoms with Gasteiger partial charge < -0.3 is 9.47 Å². The third-order valence-electron chi connectivity index (χ3n) is 2.24. The molecule has 18 heavy (non-hydrogen) atoms. The van der Waals surface area contributed by atoms with Crippen molar-refractivity contribution in [3.05, 3.63) is 0 Å². The van der Waals surface area contributed by atoms with Crippen LogP contribution in [0.25, 0.3) is 0 Å². The molecule has 0 heterocycles. The zero-order valence-electron chi connectivity index (χ0n) is 12.7. The summed E-state index contributed by atoms with van der Waals surface area (Å²) in [5, 5.41) is 0. The van der Waals surface area contributed by atoms with Gasteiger partial charge in [-0.05, 0) is 48.5 Å². The molecule has 0 N–H and O–H groups in total. The van der Waals surface area contributed by atoms with Gasteiger partial charge in [-0.3, -0.25) is 4.90 Å². The van der Waals surface area contributed by atoms with Crippen LogP contribution in [0.1, 0.15) is 48.5 Å². The van der Waals surface area contributed by atoms with Crippen LogP contribution in [-0.2, 0) is 14.3 Å². The molecule has 0 aromatic carbocycles. The topological polar surface area (TPSA) is 55.8 Å². The number of hydrogen-bond donors (Lipinski definition) is 0. The van der Waals surface area contributed by atoms with Crippen LogP contribution >= 0.6 is 0 Å². The third-order valence-corrected chi connectivity index (χ3v) is 2.24. The Morgan fingerprint density at radius 3 is 1.78 bits per heavy atom. The van der Waals surface area contributed by atoms with E-state index in [4.69, 9.17) is 4.74 Å². The second-order valence-electron chi connectivity index (χ2n) is 6.22. The lowest BCUT2D eigenvalue weighted by molar-refractivity contribution is -0.148. The maximum atomic E-state index is 12.2. The van der Waals surface area contributed by atoms with Gasteiger partial charge in [0.25, 0.3) is 0 Å². The molecule has 0 aromatic heterocycles. The summed E-state index contributed by atoms with van der Waals surface area (Å²) in [6.07, 6.45) is -0.520. The van der Waals surface area contributed by atoms with Gasteiger partial charge in [0, 0.05) is 5.54 Å². The van der Waals surface area contributed by atoms with Gasteiger partial charge in [-0.2, -0.15) is 0 Å². The van der Waals surface area contributed by atoms with Crippen molar-refractivity contribution in [1.29, 1.82) is 0 Å². The maximum absolute atomic E-state index is 12.2. The molecule has 5 heteroatoms. The molecule has 0 aliphatic carbocycles. The lowest BCUT2D eigenvalue weighted by Crippen LogP contribution is -2.55. The predicted molar refractivity (Wildman–Crippen MR) is 69.3 cm³/mol. The van der Waals surface area contributed by atoms with Crippen molar-refractivity contribution in [3.63, 3.8) is 0 Å². The average molecular weight is 259 g/mol. The van der Waals surface area contributed by atoms with Crippen LogP contribution in [0.4, 0.5) is 4.79 Å². The highest BCUT2D eigenvalue weighted by Gasteiger charge is 2.37. The molecule has 0 unspecified atom stereocenters. The molecule has 0 saturated carbocycles. The first-order valence-electron chi connectivity index (χ1n) is 6.00. The van der Waals surface area contributed by atoms with Gasteiger partial charge >= 0.3 is 12.1 Å². The number of ether oxygens (including phenoxy) is 2. The Morgan fingerprint density at radius 1 is 1.06 bits per heavy atom. The van der Waals surface area contributed by atoms with Gasteiger partial charge in [-0.15, -0.1) is 0 Å². The Kier molecular flexibility index (Phi) is 5.20. The Balaban J connectivity index is 5.14. The molecule has 0 aliphatic heterocycles. The molecule has 0 saturated heterocycles. The van der Waals surface area contributed by atoms with Gasteiger partial charge in [0.2, 0.25) is 0 Å². The van der Waals surface area contributed by atoms with Crippen LogP contribution in [0.3, 0.4) is 0 Å². The molecule has 0 spiro atoms. The Bertz CT molecular complexity index is 312. The molecule has 0 rings (SSSR count). The molecule has 0 radical (unpaired) electrons. The van der Waals surface area contributed by atoms with Crippen LogP contribution in [0.15, 0.2) is 0 Å². The Morgan fingerprint density at radius 2 is 1.50 bits per heavy atom. The molecule has 0 bridgehead atoms. The minimum Gasteiger partial charge on any atom is -0.467 e. The van der Waals surface area contributed by atoms with Crippen LogP contribution < -0.4 is 0 Å². The molecular formula is C13H25NO4. The average Bonchev–Trinajstić information content (AvgIpc) is 2.11. The summed E-state index contributed by atoms with van der Waals surface area (Å²) in [7, 11) is 1.30. The van der Waals surface area contributed by atoms with Crippen molar-refractivity contribution < 1.29 is 19.1 Å². The van der Waals surface area contributed by atoms with Crippen molar-refractivity contribution in [2.45, 2.75) is 65.6 Å². The van der Waals surface area contributed by atoms with Crippen LogP contribution in [0, 0.1) is 0 Å². The molecule has 5 nitrogen and oxygen atoms in total.